The lowest BCUT2D eigenvalue weighted by atomic mass is 9.64. The van der Waals surface area contributed by atoms with Crippen LogP contribution in [0.25, 0.3) is 6.08 Å². The molecule has 1 aliphatic carbocycles. The number of nitrogens with zero attached hydrogens (tertiary/aromatic N) is 1. The Morgan fingerprint density at radius 1 is 0.767 bits per heavy atom. The van der Waals surface area contributed by atoms with E-state index in [1.807, 2.05) is 47.4 Å². The minimum Gasteiger partial charge on any atom is -0.497 e. The number of fused-ring (bicyclic) bond motifs is 5. The summed E-state index contributed by atoms with van der Waals surface area (Å²) in [4.78, 5) is 46.6. The highest BCUT2D eigenvalue weighted by atomic mass is 16.5. The minimum absolute atomic E-state index is 0.239. The Balaban J connectivity index is 1.58. The van der Waals surface area contributed by atoms with E-state index >= 15 is 0 Å². The van der Waals surface area contributed by atoms with Gasteiger partial charge in [-0.25, -0.2) is 0 Å². The second-order valence-corrected chi connectivity index (χ2v) is 10.9. The molecule has 0 amide bonds. The van der Waals surface area contributed by atoms with Crippen LogP contribution in [0.5, 0.6) is 17.2 Å². The van der Waals surface area contributed by atoms with E-state index < -0.39 is 23.4 Å². The van der Waals surface area contributed by atoms with Gasteiger partial charge in [-0.3, -0.25) is 14.4 Å². The molecule has 1 saturated heterocycles. The fourth-order valence-electron chi connectivity index (χ4n) is 7.36. The van der Waals surface area contributed by atoms with Gasteiger partial charge in [0.2, 0.25) is 0 Å². The van der Waals surface area contributed by atoms with Gasteiger partial charge in [0.25, 0.3) is 0 Å². The Morgan fingerprint density at radius 2 is 1.47 bits per heavy atom. The van der Waals surface area contributed by atoms with Crippen molar-refractivity contribution in [1.82, 2.24) is 0 Å². The highest BCUT2D eigenvalue weighted by molar-refractivity contribution is 6.32. The van der Waals surface area contributed by atoms with Crippen LogP contribution in [-0.2, 0) is 0 Å². The van der Waals surface area contributed by atoms with Gasteiger partial charge in [0.05, 0.1) is 27.4 Å². The zero-order valence-electron chi connectivity index (χ0n) is 23.9. The van der Waals surface area contributed by atoms with Gasteiger partial charge in [0.1, 0.15) is 17.2 Å². The summed E-state index contributed by atoms with van der Waals surface area (Å²) < 4.78 is 17.0. The molecule has 0 aromatic heterocycles. The number of hydrogen-bond acceptors (Lipinski definition) is 7. The van der Waals surface area contributed by atoms with Gasteiger partial charge >= 0.3 is 0 Å². The predicted molar refractivity (Wildman–Crippen MR) is 163 cm³/mol. The van der Waals surface area contributed by atoms with Crippen molar-refractivity contribution < 1.29 is 28.6 Å². The molecule has 0 saturated carbocycles. The normalized spacial score (nSPS) is 20.9. The van der Waals surface area contributed by atoms with Crippen molar-refractivity contribution in [3.8, 4) is 17.2 Å². The molecule has 7 heteroatoms. The summed E-state index contributed by atoms with van der Waals surface area (Å²) >= 11 is 0. The summed E-state index contributed by atoms with van der Waals surface area (Å²) in [7, 11) is 4.61. The van der Waals surface area contributed by atoms with Gasteiger partial charge in [-0.1, -0.05) is 78.9 Å². The van der Waals surface area contributed by atoms with Crippen LogP contribution in [0.1, 0.15) is 48.1 Å². The first-order valence-corrected chi connectivity index (χ1v) is 14.1. The fraction of sp³-hybridized carbons (Fsp3) is 0.194. The van der Waals surface area contributed by atoms with E-state index in [-0.39, 0.29) is 17.3 Å². The third-order valence-electron chi connectivity index (χ3n) is 9.10. The van der Waals surface area contributed by atoms with E-state index in [0.717, 1.165) is 11.3 Å². The number of hydrogen-bond donors (Lipinski definition) is 0. The summed E-state index contributed by atoms with van der Waals surface area (Å²) in [6.07, 6.45) is 3.85. The van der Waals surface area contributed by atoms with E-state index in [0.29, 0.717) is 39.5 Å². The van der Waals surface area contributed by atoms with Crippen LogP contribution < -0.4 is 19.1 Å². The highest BCUT2D eigenvalue weighted by Crippen LogP contribution is 2.62. The van der Waals surface area contributed by atoms with Gasteiger partial charge in [-0.15, -0.1) is 0 Å². The van der Waals surface area contributed by atoms with E-state index in [9.17, 15) is 14.4 Å². The van der Waals surface area contributed by atoms with Gasteiger partial charge < -0.3 is 19.1 Å². The van der Waals surface area contributed by atoms with Crippen molar-refractivity contribution in [2.45, 2.75) is 18.0 Å². The number of anilines is 1. The smallest absolute Gasteiger partial charge is 0.186 e. The Labute approximate surface area is 249 Å². The van der Waals surface area contributed by atoms with Gasteiger partial charge in [0, 0.05) is 33.9 Å². The number of carbonyl (C=O) groups excluding carboxylic acids is 3. The summed E-state index contributed by atoms with van der Waals surface area (Å²) in [6, 6.07) is 25.3. The summed E-state index contributed by atoms with van der Waals surface area (Å²) in [5, 5.41) is 0. The monoisotopic (exact) mass is 571 g/mol. The molecular formula is C36H29NO6. The van der Waals surface area contributed by atoms with Crippen LogP contribution in [0.15, 0.2) is 97.1 Å². The molecule has 3 atom stereocenters. The first-order chi connectivity index (χ1) is 21.0. The maximum Gasteiger partial charge on any atom is 0.186 e. The second kappa shape index (κ2) is 9.98. The average molecular weight is 572 g/mol. The largest absolute Gasteiger partial charge is 0.497 e. The molecule has 43 heavy (non-hydrogen) atoms. The van der Waals surface area contributed by atoms with Gasteiger partial charge in [-0.2, -0.15) is 0 Å². The van der Waals surface area contributed by atoms with Gasteiger partial charge in [0.15, 0.2) is 28.8 Å². The molecule has 4 aromatic rings. The highest BCUT2D eigenvalue weighted by Gasteiger charge is 2.72. The molecule has 7 rings (SSSR count). The molecule has 2 heterocycles. The van der Waals surface area contributed by atoms with Crippen LogP contribution >= 0.6 is 0 Å². The molecule has 7 nitrogen and oxygen atoms in total. The van der Waals surface area contributed by atoms with Crippen LogP contribution in [-0.4, -0.2) is 50.8 Å². The van der Waals surface area contributed by atoms with Crippen LogP contribution in [0, 0.1) is 5.41 Å². The van der Waals surface area contributed by atoms with Crippen molar-refractivity contribution >= 4 is 29.1 Å². The van der Waals surface area contributed by atoms with Crippen molar-refractivity contribution in [3.05, 3.63) is 125 Å². The lowest BCUT2D eigenvalue weighted by Crippen LogP contribution is -2.48. The maximum absolute atomic E-state index is 14.9. The Morgan fingerprint density at radius 3 is 2.16 bits per heavy atom. The first kappa shape index (κ1) is 26.7. The van der Waals surface area contributed by atoms with Crippen molar-refractivity contribution in [2.24, 2.45) is 5.41 Å². The molecule has 1 spiro atoms. The lowest BCUT2D eigenvalue weighted by molar-refractivity contribution is 0.0664. The zero-order valence-corrected chi connectivity index (χ0v) is 23.9. The number of para-hydroxylation sites is 2. The van der Waals surface area contributed by atoms with Crippen molar-refractivity contribution in [3.63, 3.8) is 0 Å². The molecule has 0 bridgehead atoms. The molecule has 0 radical (unpaired) electrons. The summed E-state index contributed by atoms with van der Waals surface area (Å²) in [5.41, 5.74) is 1.71. The third kappa shape index (κ3) is 3.57. The molecule has 3 aliphatic rings. The topological polar surface area (TPSA) is 82.1 Å². The summed E-state index contributed by atoms with van der Waals surface area (Å²) in [6.45, 7) is 0. The number of Topliss-reactive ketones (excluding diaryl/α,β-unsaturated/α-hetero) is 3. The van der Waals surface area contributed by atoms with Crippen molar-refractivity contribution in [1.29, 1.82) is 0 Å². The Kier molecular flexibility index (Phi) is 6.20. The van der Waals surface area contributed by atoms with E-state index in [2.05, 4.69) is 0 Å². The number of ether oxygens (including phenoxy) is 3. The standard InChI is InChI=1S/C36H29NO6/c1-41-23-12-8-11-22(20-23)32(38)31-30(26-15-9-17-28(42-2)33(26)43-3)36(34(39)24-13-5-6-14-25(24)35(36)40)29-19-18-21-10-4-7-16-27(21)37(29)31/h4-20,29-31H,1-3H3/t29?,30-,31+/m1/s1. The number of methoxy groups -OCH3 is 3. The van der Waals surface area contributed by atoms with Crippen LogP contribution in [0.2, 0.25) is 0 Å². The Bertz CT molecular complexity index is 1810. The van der Waals surface area contributed by atoms with Crippen LogP contribution in [0.3, 0.4) is 0 Å². The fourth-order valence-corrected chi connectivity index (χ4v) is 7.36. The molecule has 1 fully saturated rings. The van der Waals surface area contributed by atoms with Crippen molar-refractivity contribution in [2.75, 3.05) is 26.2 Å². The molecule has 4 aromatic carbocycles. The number of rotatable bonds is 6. The van der Waals surface area contributed by atoms with E-state index in [4.69, 9.17) is 14.2 Å². The molecule has 2 aliphatic heterocycles. The van der Waals surface area contributed by atoms with E-state index in [1.54, 1.807) is 67.8 Å². The first-order valence-electron chi connectivity index (χ1n) is 14.1. The van der Waals surface area contributed by atoms with Crippen LogP contribution in [0.4, 0.5) is 5.69 Å². The summed E-state index contributed by atoms with van der Waals surface area (Å²) in [5.74, 6) is -0.414. The maximum atomic E-state index is 14.9. The quantitative estimate of drug-likeness (QED) is 0.207. The number of ketones is 3. The van der Waals surface area contributed by atoms with Gasteiger partial charge in [-0.05, 0) is 29.8 Å². The minimum atomic E-state index is -1.65. The molecule has 214 valence electrons. The molecular weight excluding hydrogens is 542 g/mol. The predicted octanol–water partition coefficient (Wildman–Crippen LogP) is 6.03. The zero-order chi connectivity index (χ0) is 29.9. The van der Waals surface area contributed by atoms with E-state index in [1.165, 1.54) is 14.2 Å². The second-order valence-electron chi connectivity index (χ2n) is 10.9. The molecule has 0 N–H and O–H groups in total. The third-order valence-corrected chi connectivity index (χ3v) is 9.10. The molecule has 1 unspecified atom stereocenters. The SMILES string of the molecule is COc1cccc(C(=O)[C@@H]2[C@@H](c3cccc(OC)c3OC)C3(C(=O)c4ccccc4C3=O)C3C=Cc4ccccc4N32)c1. The number of carbonyl (C=O) groups is 3. The lowest BCUT2D eigenvalue weighted by Gasteiger charge is -2.37. The number of benzene rings is 4. The Hall–Kier alpha value is -5.17. The average Bonchev–Trinajstić information content (AvgIpc) is 3.49.